The molecule has 1 atom stereocenters. The minimum atomic E-state index is -1.67. The smallest absolute Gasteiger partial charge is 0.122 e. The summed E-state index contributed by atoms with van der Waals surface area (Å²) in [5.41, 5.74) is 3.46. The van der Waals surface area contributed by atoms with E-state index in [-0.39, 0.29) is 13.2 Å². The second-order valence-electron chi connectivity index (χ2n) is 5.20. The maximum Gasteiger partial charge on any atom is 0.122 e. The number of benzene rings is 2. The van der Waals surface area contributed by atoms with Crippen LogP contribution >= 0.6 is 0 Å². The van der Waals surface area contributed by atoms with Gasteiger partial charge in [-0.05, 0) is 29.8 Å². The first-order valence-corrected chi connectivity index (χ1v) is 8.51. The van der Waals surface area contributed by atoms with Crippen molar-refractivity contribution in [3.8, 4) is 16.9 Å². The molecule has 1 heterocycles. The summed E-state index contributed by atoms with van der Waals surface area (Å²) < 4.78 is 13.2. The first-order chi connectivity index (χ1) is 11.6. The Bertz CT molecular complexity index is 878. The molecule has 124 valence electrons. The van der Waals surface area contributed by atoms with Gasteiger partial charge in [-0.15, -0.1) is 0 Å². The lowest BCUT2D eigenvalue weighted by Gasteiger charge is -2.11. The molecule has 0 saturated carbocycles. The van der Waals surface area contributed by atoms with Gasteiger partial charge in [0.1, 0.15) is 11.0 Å². The van der Waals surface area contributed by atoms with Gasteiger partial charge < -0.3 is 10.2 Å². The van der Waals surface area contributed by atoms with Crippen molar-refractivity contribution in [2.45, 2.75) is 18.1 Å². The van der Waals surface area contributed by atoms with Crippen LogP contribution in [0.25, 0.3) is 16.9 Å². The number of rotatable bonds is 5. The Balaban J connectivity index is 2.16. The third-order valence-electron chi connectivity index (χ3n) is 3.67. The Labute approximate surface area is 141 Å². The molecule has 0 spiro atoms. The Morgan fingerprint density at radius 2 is 1.79 bits per heavy atom. The Morgan fingerprint density at radius 3 is 2.42 bits per heavy atom. The van der Waals surface area contributed by atoms with Crippen LogP contribution in [-0.4, -0.2) is 24.2 Å². The van der Waals surface area contributed by atoms with E-state index in [2.05, 4.69) is 5.10 Å². The summed E-state index contributed by atoms with van der Waals surface area (Å²) >= 11 is 0. The number of nitrogens with two attached hydrogens (primary N) is 1. The van der Waals surface area contributed by atoms with Crippen molar-refractivity contribution in [3.05, 3.63) is 65.9 Å². The fourth-order valence-electron chi connectivity index (χ4n) is 2.54. The molecule has 0 aliphatic rings. The molecule has 0 aliphatic heterocycles. The van der Waals surface area contributed by atoms with Crippen molar-refractivity contribution in [1.82, 2.24) is 9.78 Å². The van der Waals surface area contributed by atoms with Crippen LogP contribution in [0.5, 0.6) is 0 Å². The number of aliphatic hydroxyl groups is 2. The quantitative estimate of drug-likeness (QED) is 0.653. The highest BCUT2D eigenvalue weighted by Gasteiger charge is 2.14. The molecular weight excluding hydrogens is 326 g/mol. The molecule has 1 unspecified atom stereocenters. The van der Waals surface area contributed by atoms with Gasteiger partial charge in [-0.3, -0.25) is 0 Å². The van der Waals surface area contributed by atoms with Crippen LogP contribution in [0.4, 0.5) is 0 Å². The lowest BCUT2D eigenvalue weighted by atomic mass is 10.1. The van der Waals surface area contributed by atoms with Gasteiger partial charge in [-0.2, -0.15) is 5.10 Å². The highest BCUT2D eigenvalue weighted by Crippen LogP contribution is 2.26. The molecule has 0 fully saturated rings. The third kappa shape index (κ3) is 3.15. The van der Waals surface area contributed by atoms with E-state index in [9.17, 15) is 14.4 Å². The molecule has 1 aromatic heterocycles. The van der Waals surface area contributed by atoms with E-state index in [1.807, 2.05) is 36.4 Å². The first kappa shape index (κ1) is 16.5. The predicted molar refractivity (Wildman–Crippen MR) is 91.4 cm³/mol. The van der Waals surface area contributed by atoms with Gasteiger partial charge in [0.25, 0.3) is 0 Å². The Hall–Kier alpha value is -2.32. The van der Waals surface area contributed by atoms with E-state index in [4.69, 9.17) is 5.14 Å². The topological polar surface area (TPSA) is 101 Å². The molecule has 2 aromatic carbocycles. The molecule has 3 aromatic rings. The molecule has 0 aliphatic carbocycles. The van der Waals surface area contributed by atoms with Crippen LogP contribution in [0.2, 0.25) is 0 Å². The molecule has 7 heteroatoms. The maximum absolute atomic E-state index is 11.5. The summed E-state index contributed by atoms with van der Waals surface area (Å²) in [6.07, 6.45) is 0. The summed E-state index contributed by atoms with van der Waals surface area (Å²) in [7, 11) is -1.67. The fraction of sp³-hybridized carbons (Fsp3) is 0.118. The van der Waals surface area contributed by atoms with Crippen LogP contribution in [0.15, 0.2) is 59.5 Å². The largest absolute Gasteiger partial charge is 0.392 e. The van der Waals surface area contributed by atoms with Crippen LogP contribution in [0.1, 0.15) is 11.3 Å². The second-order valence-corrected chi connectivity index (χ2v) is 6.24. The van der Waals surface area contributed by atoms with Gasteiger partial charge in [0.2, 0.25) is 0 Å². The van der Waals surface area contributed by atoms with Crippen molar-refractivity contribution in [2.75, 3.05) is 0 Å². The van der Waals surface area contributed by atoms with Gasteiger partial charge in [0.05, 0.1) is 35.2 Å². The predicted octanol–water partition coefficient (Wildman–Crippen LogP) is 1.51. The zero-order chi connectivity index (χ0) is 17.1. The van der Waals surface area contributed by atoms with Crippen molar-refractivity contribution in [2.24, 2.45) is 5.14 Å². The highest BCUT2D eigenvalue weighted by molar-refractivity contribution is 7.82. The van der Waals surface area contributed by atoms with E-state index >= 15 is 0 Å². The van der Waals surface area contributed by atoms with Gasteiger partial charge >= 0.3 is 0 Å². The van der Waals surface area contributed by atoms with Crippen molar-refractivity contribution in [1.29, 1.82) is 0 Å². The van der Waals surface area contributed by atoms with Crippen LogP contribution in [-0.2, 0) is 24.2 Å². The van der Waals surface area contributed by atoms with Crippen molar-refractivity contribution in [3.63, 3.8) is 0 Å². The molecule has 3 rings (SSSR count). The zero-order valence-corrected chi connectivity index (χ0v) is 13.6. The third-order valence-corrected chi connectivity index (χ3v) is 4.50. The Kier molecular flexibility index (Phi) is 4.86. The van der Waals surface area contributed by atoms with Crippen LogP contribution in [0, 0.1) is 0 Å². The molecular formula is C17H17N3O3S. The van der Waals surface area contributed by atoms with E-state index in [1.54, 1.807) is 22.9 Å². The lowest BCUT2D eigenvalue weighted by molar-refractivity contribution is 0.276. The van der Waals surface area contributed by atoms with E-state index in [0.717, 1.165) is 11.3 Å². The average Bonchev–Trinajstić information content (AvgIpc) is 3.06. The summed E-state index contributed by atoms with van der Waals surface area (Å²) in [4.78, 5) is 0.386. The summed E-state index contributed by atoms with van der Waals surface area (Å²) in [5.74, 6) is 0. The highest BCUT2D eigenvalue weighted by atomic mass is 32.2. The van der Waals surface area contributed by atoms with Crippen LogP contribution in [0.3, 0.4) is 0 Å². The molecule has 0 bridgehead atoms. The van der Waals surface area contributed by atoms with Gasteiger partial charge in [-0.25, -0.2) is 14.0 Å². The molecule has 0 amide bonds. The Morgan fingerprint density at radius 1 is 1.04 bits per heavy atom. The van der Waals surface area contributed by atoms with E-state index in [1.165, 1.54) is 0 Å². The van der Waals surface area contributed by atoms with Crippen molar-refractivity contribution < 1.29 is 14.4 Å². The van der Waals surface area contributed by atoms with Gasteiger partial charge in [0, 0.05) is 5.56 Å². The van der Waals surface area contributed by atoms with Crippen molar-refractivity contribution >= 4 is 11.0 Å². The maximum atomic E-state index is 11.5. The summed E-state index contributed by atoms with van der Waals surface area (Å²) in [6, 6.07) is 16.5. The summed E-state index contributed by atoms with van der Waals surface area (Å²) in [5, 5.41) is 28.8. The fourth-order valence-corrected chi connectivity index (χ4v) is 3.12. The number of nitrogens with zero attached hydrogens (tertiary/aromatic N) is 2. The first-order valence-electron chi connectivity index (χ1n) is 7.29. The van der Waals surface area contributed by atoms with Gasteiger partial charge in [-0.1, -0.05) is 30.3 Å². The van der Waals surface area contributed by atoms with Crippen LogP contribution < -0.4 is 5.14 Å². The lowest BCUT2D eigenvalue weighted by Crippen LogP contribution is -2.08. The van der Waals surface area contributed by atoms with Gasteiger partial charge in [0.15, 0.2) is 0 Å². The standard InChI is InChI=1S/C17H17N3O3S/c18-24(23)17-7-6-15(8-13(17)10-21)20-16(9-14(11-22)19-20)12-4-2-1-3-5-12/h1-9,21-22H,10-11,18H2. The number of aliphatic hydroxyl groups excluding tert-OH is 2. The molecule has 4 N–H and O–H groups in total. The molecule has 0 radical (unpaired) electrons. The molecule has 6 nitrogen and oxygen atoms in total. The molecule has 0 saturated heterocycles. The monoisotopic (exact) mass is 343 g/mol. The molecule has 24 heavy (non-hydrogen) atoms. The van der Waals surface area contributed by atoms with E-state index in [0.29, 0.717) is 21.8 Å². The number of aromatic nitrogens is 2. The minimum absolute atomic E-state index is 0.176. The second kappa shape index (κ2) is 7.06. The van der Waals surface area contributed by atoms with E-state index < -0.39 is 11.0 Å². The summed E-state index contributed by atoms with van der Waals surface area (Å²) in [6.45, 7) is -0.453. The minimum Gasteiger partial charge on any atom is -0.392 e. The average molecular weight is 343 g/mol. The zero-order valence-electron chi connectivity index (χ0n) is 12.8. The number of hydrogen-bond acceptors (Lipinski definition) is 4. The normalized spacial score (nSPS) is 12.3. The number of hydrogen-bond donors (Lipinski definition) is 3. The SMILES string of the molecule is NS(=O)c1ccc(-n2nc(CO)cc2-c2ccccc2)cc1CO.